The monoisotopic (exact) mass is 387 g/mol. The Morgan fingerprint density at radius 2 is 1.79 bits per heavy atom. The van der Waals surface area contributed by atoms with Gasteiger partial charge in [-0.3, -0.25) is 4.79 Å². The molecule has 7 heteroatoms. The first kappa shape index (κ1) is 19.7. The molecular formula is C21H22FNO5. The van der Waals surface area contributed by atoms with E-state index < -0.39 is 11.8 Å². The fourth-order valence-electron chi connectivity index (χ4n) is 2.82. The number of carbonyl (C=O) groups excluding carboxylic acids is 2. The normalized spacial score (nSPS) is 13.0. The zero-order valence-corrected chi connectivity index (χ0v) is 15.8. The number of rotatable bonds is 8. The molecule has 0 heterocycles. The van der Waals surface area contributed by atoms with Gasteiger partial charge in [0.15, 0.2) is 18.2 Å². The molecule has 0 unspecified atom stereocenters. The lowest BCUT2D eigenvalue weighted by atomic mass is 10.2. The minimum atomic E-state index is -0.755. The van der Waals surface area contributed by atoms with Crippen LogP contribution in [0, 0.1) is 5.82 Å². The van der Waals surface area contributed by atoms with Crippen molar-refractivity contribution in [3.63, 3.8) is 0 Å². The number of amides is 1. The zero-order valence-electron chi connectivity index (χ0n) is 15.8. The van der Waals surface area contributed by atoms with Crippen molar-refractivity contribution in [1.82, 2.24) is 4.90 Å². The van der Waals surface area contributed by atoms with Gasteiger partial charge in [0.1, 0.15) is 5.75 Å². The molecule has 28 heavy (non-hydrogen) atoms. The van der Waals surface area contributed by atoms with E-state index in [1.54, 1.807) is 12.0 Å². The average molecular weight is 387 g/mol. The molecule has 0 radical (unpaired) electrons. The first-order valence-electron chi connectivity index (χ1n) is 8.95. The molecule has 148 valence electrons. The first-order chi connectivity index (χ1) is 13.5. The van der Waals surface area contributed by atoms with Gasteiger partial charge in [-0.15, -0.1) is 0 Å². The van der Waals surface area contributed by atoms with Crippen LogP contribution in [0.1, 0.15) is 28.8 Å². The lowest BCUT2D eigenvalue weighted by Crippen LogP contribution is -2.36. The zero-order chi connectivity index (χ0) is 20.1. The van der Waals surface area contributed by atoms with Crippen molar-refractivity contribution in [3.05, 3.63) is 59.4 Å². The van der Waals surface area contributed by atoms with Crippen molar-refractivity contribution in [3.8, 4) is 11.5 Å². The Morgan fingerprint density at radius 1 is 1.07 bits per heavy atom. The second-order valence-electron chi connectivity index (χ2n) is 6.53. The minimum absolute atomic E-state index is 0.0271. The number of methoxy groups -OCH3 is 2. The molecule has 3 rings (SSSR count). The van der Waals surface area contributed by atoms with Gasteiger partial charge in [0.25, 0.3) is 5.91 Å². The number of hydrogen-bond acceptors (Lipinski definition) is 5. The van der Waals surface area contributed by atoms with Crippen molar-refractivity contribution in [2.45, 2.75) is 25.4 Å². The number of esters is 1. The van der Waals surface area contributed by atoms with Crippen molar-refractivity contribution in [1.29, 1.82) is 0 Å². The van der Waals surface area contributed by atoms with E-state index in [1.807, 2.05) is 24.3 Å². The standard InChI is InChI=1S/C21H22FNO5/c1-26-17-8-3-14(4-9-17)12-23(16-6-7-16)20(24)13-28-21(25)15-5-10-19(27-2)18(22)11-15/h3-5,8-11,16H,6-7,12-13H2,1-2H3. The highest BCUT2D eigenvalue weighted by molar-refractivity contribution is 5.91. The van der Waals surface area contributed by atoms with Gasteiger partial charge in [0.2, 0.25) is 0 Å². The summed E-state index contributed by atoms with van der Waals surface area (Å²) in [5.74, 6) is -0.918. The summed E-state index contributed by atoms with van der Waals surface area (Å²) in [6, 6.07) is 11.4. The Kier molecular flexibility index (Phi) is 6.13. The molecule has 0 saturated heterocycles. The van der Waals surface area contributed by atoms with Gasteiger partial charge in [0.05, 0.1) is 19.8 Å². The van der Waals surface area contributed by atoms with Gasteiger partial charge < -0.3 is 19.1 Å². The van der Waals surface area contributed by atoms with Crippen LogP contribution in [0.4, 0.5) is 4.39 Å². The quantitative estimate of drug-likeness (QED) is 0.651. The molecule has 0 aromatic heterocycles. The molecule has 1 amide bonds. The highest BCUT2D eigenvalue weighted by Gasteiger charge is 2.33. The molecule has 2 aromatic carbocycles. The van der Waals surface area contributed by atoms with Gasteiger partial charge in [-0.05, 0) is 48.7 Å². The van der Waals surface area contributed by atoms with E-state index in [2.05, 4.69) is 0 Å². The Hall–Kier alpha value is -3.09. The third kappa shape index (κ3) is 4.79. The first-order valence-corrected chi connectivity index (χ1v) is 8.95. The van der Waals surface area contributed by atoms with Crippen LogP contribution in [0.25, 0.3) is 0 Å². The van der Waals surface area contributed by atoms with Gasteiger partial charge >= 0.3 is 5.97 Å². The van der Waals surface area contributed by atoms with E-state index in [1.165, 1.54) is 19.2 Å². The van der Waals surface area contributed by atoms with Crippen LogP contribution in [0.5, 0.6) is 11.5 Å². The van der Waals surface area contributed by atoms with Gasteiger partial charge in [-0.2, -0.15) is 0 Å². The van der Waals surface area contributed by atoms with Crippen LogP contribution in [0.2, 0.25) is 0 Å². The molecule has 0 aliphatic heterocycles. The van der Waals surface area contributed by atoms with E-state index >= 15 is 0 Å². The molecule has 0 bridgehead atoms. The van der Waals surface area contributed by atoms with Crippen molar-refractivity contribution >= 4 is 11.9 Å². The Labute approximate surface area is 162 Å². The SMILES string of the molecule is COc1ccc(CN(C(=O)COC(=O)c2ccc(OC)c(F)c2)C2CC2)cc1. The summed E-state index contributed by atoms with van der Waals surface area (Å²) in [5.41, 5.74) is 0.990. The molecule has 2 aromatic rings. The fraction of sp³-hybridized carbons (Fsp3) is 0.333. The summed E-state index contributed by atoms with van der Waals surface area (Å²) in [5, 5.41) is 0. The summed E-state index contributed by atoms with van der Waals surface area (Å²) < 4.78 is 28.8. The van der Waals surface area contributed by atoms with E-state index in [0.29, 0.717) is 6.54 Å². The molecule has 1 saturated carbocycles. The number of ether oxygens (including phenoxy) is 3. The van der Waals surface area contributed by atoms with Crippen LogP contribution >= 0.6 is 0 Å². The second kappa shape index (κ2) is 8.73. The Bertz CT molecular complexity index is 848. The van der Waals surface area contributed by atoms with E-state index in [9.17, 15) is 14.0 Å². The number of benzene rings is 2. The van der Waals surface area contributed by atoms with E-state index in [0.717, 1.165) is 30.2 Å². The van der Waals surface area contributed by atoms with E-state index in [4.69, 9.17) is 14.2 Å². The topological polar surface area (TPSA) is 65.1 Å². The Balaban J connectivity index is 1.59. The highest BCUT2D eigenvalue weighted by Crippen LogP contribution is 2.29. The summed E-state index contributed by atoms with van der Waals surface area (Å²) in [6.45, 7) is 0.0430. The second-order valence-corrected chi connectivity index (χ2v) is 6.53. The number of hydrogen-bond donors (Lipinski definition) is 0. The lowest BCUT2D eigenvalue weighted by Gasteiger charge is -2.22. The highest BCUT2D eigenvalue weighted by atomic mass is 19.1. The summed E-state index contributed by atoms with van der Waals surface area (Å²) in [6.07, 6.45) is 1.86. The predicted molar refractivity (Wildman–Crippen MR) is 99.8 cm³/mol. The third-order valence-electron chi connectivity index (χ3n) is 4.53. The predicted octanol–water partition coefficient (Wildman–Crippen LogP) is 3.19. The largest absolute Gasteiger partial charge is 0.497 e. The number of carbonyl (C=O) groups is 2. The molecular weight excluding hydrogens is 365 g/mol. The minimum Gasteiger partial charge on any atom is -0.497 e. The Morgan fingerprint density at radius 3 is 2.36 bits per heavy atom. The summed E-state index contributed by atoms with van der Waals surface area (Å²) >= 11 is 0. The molecule has 1 aliphatic rings. The maximum atomic E-state index is 13.7. The molecule has 1 aliphatic carbocycles. The van der Waals surface area contributed by atoms with Crippen molar-refractivity contribution < 1.29 is 28.2 Å². The average Bonchev–Trinajstić information content (AvgIpc) is 3.55. The van der Waals surface area contributed by atoms with E-state index in [-0.39, 0.29) is 29.9 Å². The van der Waals surface area contributed by atoms with Gasteiger partial charge in [-0.25, -0.2) is 9.18 Å². The van der Waals surface area contributed by atoms with Crippen LogP contribution in [0.3, 0.4) is 0 Å². The van der Waals surface area contributed by atoms with Crippen LogP contribution in [0.15, 0.2) is 42.5 Å². The molecule has 0 N–H and O–H groups in total. The third-order valence-corrected chi connectivity index (χ3v) is 4.53. The van der Waals surface area contributed by atoms with Gasteiger partial charge in [0, 0.05) is 12.6 Å². The van der Waals surface area contributed by atoms with Crippen molar-refractivity contribution in [2.75, 3.05) is 20.8 Å². The van der Waals surface area contributed by atoms with Crippen molar-refractivity contribution in [2.24, 2.45) is 0 Å². The van der Waals surface area contributed by atoms with Crippen LogP contribution in [-0.2, 0) is 16.1 Å². The fourth-order valence-corrected chi connectivity index (χ4v) is 2.82. The smallest absolute Gasteiger partial charge is 0.338 e. The van der Waals surface area contributed by atoms with Crippen LogP contribution < -0.4 is 9.47 Å². The number of nitrogens with zero attached hydrogens (tertiary/aromatic N) is 1. The molecule has 0 spiro atoms. The molecule has 1 fully saturated rings. The lowest BCUT2D eigenvalue weighted by molar-refractivity contribution is -0.135. The number of halogens is 1. The molecule has 0 atom stereocenters. The maximum Gasteiger partial charge on any atom is 0.338 e. The summed E-state index contributed by atoms with van der Waals surface area (Å²) in [7, 11) is 2.93. The maximum absolute atomic E-state index is 13.7. The summed E-state index contributed by atoms with van der Waals surface area (Å²) in [4.78, 5) is 26.4. The molecule has 6 nitrogen and oxygen atoms in total. The van der Waals surface area contributed by atoms with Gasteiger partial charge in [-0.1, -0.05) is 12.1 Å². The van der Waals surface area contributed by atoms with Crippen LogP contribution in [-0.4, -0.2) is 43.6 Å².